The Hall–Kier alpha value is -2.98. The number of carbonyl (C=O) groups is 1. The van der Waals surface area contributed by atoms with Gasteiger partial charge in [-0.05, 0) is 23.6 Å². The van der Waals surface area contributed by atoms with Gasteiger partial charge in [-0.1, -0.05) is 12.1 Å². The van der Waals surface area contributed by atoms with E-state index in [-0.39, 0.29) is 30.2 Å². The Morgan fingerprint density at radius 2 is 1.93 bits per heavy atom. The van der Waals surface area contributed by atoms with E-state index in [4.69, 9.17) is 4.74 Å². The molecule has 11 heteroatoms. The molecular weight excluding hydrogens is 396 g/mol. The van der Waals surface area contributed by atoms with Gasteiger partial charge in [-0.25, -0.2) is 0 Å². The summed E-state index contributed by atoms with van der Waals surface area (Å²) >= 11 is 0. The van der Waals surface area contributed by atoms with Gasteiger partial charge in [-0.2, -0.15) is 4.98 Å². The van der Waals surface area contributed by atoms with Crippen LogP contribution in [0, 0.1) is 11.8 Å². The number of nitrogens with zero attached hydrogens (tertiary/aromatic N) is 6. The smallest absolute Gasteiger partial charge is 0.291 e. The first kappa shape index (κ1) is 19.3. The van der Waals surface area contributed by atoms with Gasteiger partial charge in [0.25, 0.3) is 11.9 Å². The molecule has 3 aromatic rings. The molecule has 1 amide bonds. The van der Waals surface area contributed by atoms with Crippen molar-refractivity contribution in [2.45, 2.75) is 6.04 Å². The van der Waals surface area contributed by atoms with Crippen molar-refractivity contribution in [2.24, 2.45) is 11.8 Å². The van der Waals surface area contributed by atoms with Crippen LogP contribution in [0.2, 0.25) is 0 Å². The first-order valence-corrected chi connectivity index (χ1v) is 9.17. The van der Waals surface area contributed by atoms with E-state index in [2.05, 4.69) is 30.7 Å². The minimum atomic E-state index is -0.151. The number of aromatic amines is 1. The fourth-order valence-corrected chi connectivity index (χ4v) is 4.26. The second-order valence-corrected chi connectivity index (χ2v) is 7.11. The van der Waals surface area contributed by atoms with Crippen LogP contribution < -0.4 is 10.1 Å². The van der Waals surface area contributed by atoms with Gasteiger partial charge in [-0.15, -0.1) is 27.7 Å². The molecule has 2 aromatic heterocycles. The summed E-state index contributed by atoms with van der Waals surface area (Å²) < 4.78 is 6.82. The zero-order valence-corrected chi connectivity index (χ0v) is 16.5. The molecule has 0 saturated carbocycles. The molecule has 0 bridgehead atoms. The SMILES string of the molecule is COc1ccc([C@H]2[C@H]3CNC[C@H]3CN2C(=O)c2nc(-n3cnnc3)n[nH]2)cc1.Cl. The molecule has 2 saturated heterocycles. The molecule has 2 aliphatic heterocycles. The minimum absolute atomic E-state index is 0. The van der Waals surface area contributed by atoms with Crippen molar-refractivity contribution in [3.8, 4) is 11.7 Å². The third kappa shape index (κ3) is 3.34. The van der Waals surface area contributed by atoms with Gasteiger partial charge in [0.15, 0.2) is 0 Å². The van der Waals surface area contributed by atoms with Crippen molar-refractivity contribution >= 4 is 18.3 Å². The number of likely N-dealkylation sites (tertiary alicyclic amines) is 1. The normalized spacial score (nSPS) is 22.9. The minimum Gasteiger partial charge on any atom is -0.497 e. The highest BCUT2D eigenvalue weighted by Crippen LogP contribution is 2.43. The standard InChI is InChI=1S/C18H20N8O2.ClH/c1-28-13-4-2-11(3-5-13)15-14-7-19-6-12(14)8-26(15)17(27)16-22-18(24-23-16)25-9-20-21-10-25;/h2-5,9-10,12,14-15,19H,6-8H2,1H3,(H,22,23,24);1H/t12-,14-,15-;/m0./s1. The maximum absolute atomic E-state index is 13.3. The molecule has 10 nitrogen and oxygen atoms in total. The summed E-state index contributed by atoms with van der Waals surface area (Å²) in [7, 11) is 1.65. The molecule has 4 heterocycles. The Labute approximate surface area is 173 Å². The van der Waals surface area contributed by atoms with E-state index in [0.717, 1.165) is 24.4 Å². The number of halogens is 1. The van der Waals surface area contributed by atoms with Crippen LogP contribution in [0.25, 0.3) is 5.95 Å². The zero-order chi connectivity index (χ0) is 19.1. The first-order chi connectivity index (χ1) is 13.7. The fraction of sp³-hybridized carbons (Fsp3) is 0.389. The average Bonchev–Trinajstić information content (AvgIpc) is 3.51. The molecule has 2 aliphatic rings. The van der Waals surface area contributed by atoms with Crippen molar-refractivity contribution in [1.82, 2.24) is 40.2 Å². The van der Waals surface area contributed by atoms with Gasteiger partial charge in [0, 0.05) is 25.6 Å². The number of fused-ring (bicyclic) bond motifs is 1. The summed E-state index contributed by atoms with van der Waals surface area (Å²) in [6.07, 6.45) is 2.98. The van der Waals surface area contributed by atoms with E-state index in [1.165, 1.54) is 12.7 Å². The lowest BCUT2D eigenvalue weighted by Gasteiger charge is -2.27. The van der Waals surface area contributed by atoms with Crippen LogP contribution in [0.3, 0.4) is 0 Å². The highest BCUT2D eigenvalue weighted by molar-refractivity contribution is 5.91. The van der Waals surface area contributed by atoms with Crippen molar-refractivity contribution in [3.63, 3.8) is 0 Å². The molecule has 0 radical (unpaired) electrons. The van der Waals surface area contributed by atoms with Crippen LogP contribution in [-0.4, -0.2) is 67.5 Å². The van der Waals surface area contributed by atoms with Crippen molar-refractivity contribution in [1.29, 1.82) is 0 Å². The number of benzene rings is 1. The van der Waals surface area contributed by atoms with Gasteiger partial charge in [0.05, 0.1) is 13.2 Å². The zero-order valence-electron chi connectivity index (χ0n) is 15.7. The number of amides is 1. The molecule has 0 spiro atoms. The molecule has 2 fully saturated rings. The summed E-state index contributed by atoms with van der Waals surface area (Å²) in [4.78, 5) is 19.5. The van der Waals surface area contributed by atoms with Crippen LogP contribution in [-0.2, 0) is 0 Å². The number of rotatable bonds is 4. The molecule has 5 rings (SSSR count). The Morgan fingerprint density at radius 3 is 2.66 bits per heavy atom. The summed E-state index contributed by atoms with van der Waals surface area (Å²) in [6, 6.07) is 7.93. The third-order valence-electron chi connectivity index (χ3n) is 5.61. The molecule has 29 heavy (non-hydrogen) atoms. The quantitative estimate of drug-likeness (QED) is 0.648. The number of ether oxygens (including phenoxy) is 1. The molecule has 0 unspecified atom stereocenters. The molecule has 3 atom stereocenters. The maximum atomic E-state index is 13.3. The summed E-state index contributed by atoms with van der Waals surface area (Å²) in [5.74, 6) is 2.01. The molecular formula is C18H21ClN8O2. The van der Waals surface area contributed by atoms with Gasteiger partial charge < -0.3 is 15.0 Å². The monoisotopic (exact) mass is 416 g/mol. The predicted molar refractivity (Wildman–Crippen MR) is 105 cm³/mol. The Bertz CT molecular complexity index is 974. The van der Waals surface area contributed by atoms with E-state index in [1.54, 1.807) is 11.7 Å². The molecule has 0 aliphatic carbocycles. The van der Waals surface area contributed by atoms with Crippen LogP contribution in [0.5, 0.6) is 5.75 Å². The predicted octanol–water partition coefficient (Wildman–Crippen LogP) is 0.848. The van der Waals surface area contributed by atoms with Crippen molar-refractivity contribution in [3.05, 3.63) is 48.3 Å². The van der Waals surface area contributed by atoms with Gasteiger partial charge in [-0.3, -0.25) is 14.5 Å². The number of nitrogens with one attached hydrogen (secondary N) is 2. The number of hydrogen-bond donors (Lipinski definition) is 2. The first-order valence-electron chi connectivity index (χ1n) is 9.17. The number of methoxy groups -OCH3 is 1. The Kier molecular flexibility index (Phi) is 5.20. The van der Waals surface area contributed by atoms with Crippen LogP contribution >= 0.6 is 12.4 Å². The highest BCUT2D eigenvalue weighted by Gasteiger charge is 2.47. The van der Waals surface area contributed by atoms with Crippen LogP contribution in [0.1, 0.15) is 22.2 Å². The Balaban J connectivity index is 0.00000205. The Morgan fingerprint density at radius 1 is 1.17 bits per heavy atom. The molecule has 152 valence electrons. The lowest BCUT2D eigenvalue weighted by atomic mass is 9.89. The second-order valence-electron chi connectivity index (χ2n) is 7.11. The van der Waals surface area contributed by atoms with Crippen molar-refractivity contribution < 1.29 is 9.53 Å². The number of hydrogen-bond acceptors (Lipinski definition) is 7. The highest BCUT2D eigenvalue weighted by atomic mass is 35.5. The van der Waals surface area contributed by atoms with Gasteiger partial charge >= 0.3 is 0 Å². The lowest BCUT2D eigenvalue weighted by Crippen LogP contribution is -2.35. The van der Waals surface area contributed by atoms with E-state index in [0.29, 0.717) is 24.3 Å². The largest absolute Gasteiger partial charge is 0.497 e. The van der Waals surface area contributed by atoms with Crippen LogP contribution in [0.15, 0.2) is 36.9 Å². The third-order valence-corrected chi connectivity index (χ3v) is 5.61. The summed E-state index contributed by atoms with van der Waals surface area (Å²) in [5.41, 5.74) is 1.10. The van der Waals surface area contributed by atoms with E-state index in [9.17, 15) is 4.79 Å². The maximum Gasteiger partial charge on any atom is 0.291 e. The lowest BCUT2D eigenvalue weighted by molar-refractivity contribution is 0.0702. The van der Waals surface area contributed by atoms with E-state index in [1.807, 2.05) is 29.2 Å². The number of aromatic nitrogens is 6. The number of H-pyrrole nitrogens is 1. The topological polar surface area (TPSA) is 114 Å². The van der Waals surface area contributed by atoms with Gasteiger partial charge in [0.2, 0.25) is 5.82 Å². The van der Waals surface area contributed by atoms with Crippen molar-refractivity contribution in [2.75, 3.05) is 26.7 Å². The van der Waals surface area contributed by atoms with Gasteiger partial charge in [0.1, 0.15) is 18.4 Å². The second kappa shape index (κ2) is 7.80. The fourth-order valence-electron chi connectivity index (χ4n) is 4.26. The number of carbonyl (C=O) groups excluding carboxylic acids is 1. The average molecular weight is 417 g/mol. The van der Waals surface area contributed by atoms with Crippen LogP contribution in [0.4, 0.5) is 0 Å². The summed E-state index contributed by atoms with van der Waals surface area (Å²) in [6.45, 7) is 2.51. The van der Waals surface area contributed by atoms with E-state index < -0.39 is 0 Å². The summed E-state index contributed by atoms with van der Waals surface area (Å²) in [5, 5.41) is 17.8. The molecule has 2 N–H and O–H groups in total. The molecule has 1 aromatic carbocycles. The van der Waals surface area contributed by atoms with E-state index >= 15 is 0 Å².